The summed E-state index contributed by atoms with van der Waals surface area (Å²) in [5.74, 6) is 0.0339. The van der Waals surface area contributed by atoms with Gasteiger partial charge in [-0.1, -0.05) is 41.9 Å². The second kappa shape index (κ2) is 7.49. The third-order valence-corrected chi connectivity index (χ3v) is 3.20. The van der Waals surface area contributed by atoms with Crippen LogP contribution in [0, 0.1) is 0 Å². The van der Waals surface area contributed by atoms with Gasteiger partial charge in [-0.3, -0.25) is 0 Å². The van der Waals surface area contributed by atoms with E-state index >= 15 is 0 Å². The summed E-state index contributed by atoms with van der Waals surface area (Å²) in [6, 6.07) is 10.5. The summed E-state index contributed by atoms with van der Waals surface area (Å²) >= 11 is 5.89. The Balaban J connectivity index is 2.22. The van der Waals surface area contributed by atoms with E-state index < -0.39 is 11.6 Å². The molecule has 24 heavy (non-hydrogen) atoms. The van der Waals surface area contributed by atoms with E-state index in [4.69, 9.17) is 22.1 Å². The fourth-order valence-electron chi connectivity index (χ4n) is 2.10. The first-order chi connectivity index (χ1) is 11.2. The fraction of sp³-hybridized carbons (Fsp3) is 0.353. The Morgan fingerprint density at radius 1 is 1.29 bits per heavy atom. The van der Waals surface area contributed by atoms with Crippen molar-refractivity contribution in [3.05, 3.63) is 47.1 Å². The highest BCUT2D eigenvalue weighted by molar-refractivity contribution is 6.29. The molecule has 0 fully saturated rings. The number of nitrogens with zero attached hydrogens (tertiary/aromatic N) is 2. The lowest BCUT2D eigenvalue weighted by atomic mass is 10.1. The Morgan fingerprint density at radius 2 is 1.96 bits per heavy atom. The predicted molar refractivity (Wildman–Crippen MR) is 94.9 cm³/mol. The van der Waals surface area contributed by atoms with Crippen molar-refractivity contribution >= 4 is 29.3 Å². The van der Waals surface area contributed by atoms with Crippen molar-refractivity contribution in [3.8, 4) is 0 Å². The number of halogens is 1. The van der Waals surface area contributed by atoms with Gasteiger partial charge in [-0.15, -0.1) is 0 Å². The first-order valence-corrected chi connectivity index (χ1v) is 7.94. The molecule has 1 unspecified atom stereocenters. The second-order valence-electron chi connectivity index (χ2n) is 6.35. The molecule has 3 N–H and O–H groups in total. The molecule has 6 nitrogen and oxygen atoms in total. The van der Waals surface area contributed by atoms with E-state index in [1.165, 1.54) is 6.07 Å². The third kappa shape index (κ3) is 5.70. The maximum atomic E-state index is 12.5. The monoisotopic (exact) mass is 348 g/mol. The van der Waals surface area contributed by atoms with Gasteiger partial charge in [0.15, 0.2) is 0 Å². The van der Waals surface area contributed by atoms with Crippen molar-refractivity contribution in [2.45, 2.75) is 38.8 Å². The van der Waals surface area contributed by atoms with E-state index in [1.54, 1.807) is 0 Å². The zero-order valence-electron chi connectivity index (χ0n) is 13.9. The largest absolute Gasteiger partial charge is 0.458 e. The summed E-state index contributed by atoms with van der Waals surface area (Å²) in [6.07, 6.45) is 0.442. The summed E-state index contributed by atoms with van der Waals surface area (Å²) in [5, 5.41) is 3.24. The topological polar surface area (TPSA) is 90.1 Å². The first-order valence-electron chi connectivity index (χ1n) is 7.56. The Hall–Kier alpha value is -2.34. The Labute approximate surface area is 146 Å². The van der Waals surface area contributed by atoms with Crippen molar-refractivity contribution in [2.75, 3.05) is 11.1 Å². The van der Waals surface area contributed by atoms with Crippen molar-refractivity contribution in [1.29, 1.82) is 0 Å². The molecule has 0 radical (unpaired) electrons. The minimum absolute atomic E-state index is 0.0349. The number of benzene rings is 1. The lowest BCUT2D eigenvalue weighted by Crippen LogP contribution is -2.38. The molecule has 0 spiro atoms. The number of nitrogen functional groups attached to an aromatic ring is 1. The number of carbonyl (C=O) groups is 1. The summed E-state index contributed by atoms with van der Waals surface area (Å²) < 4.78 is 5.50. The van der Waals surface area contributed by atoms with Gasteiger partial charge in [-0.05, 0) is 26.3 Å². The molecule has 0 amide bonds. The first kappa shape index (κ1) is 18.0. The number of anilines is 2. The van der Waals surface area contributed by atoms with Crippen molar-refractivity contribution in [3.63, 3.8) is 0 Å². The van der Waals surface area contributed by atoms with Gasteiger partial charge >= 0.3 is 5.97 Å². The summed E-state index contributed by atoms with van der Waals surface area (Å²) in [4.78, 5) is 20.4. The SMILES string of the molecule is CC(C)(C)OC(=O)C(Cc1ccccc1)Nc1cc(Cl)nc(N)n1. The molecule has 1 aromatic heterocycles. The van der Waals surface area contributed by atoms with Crippen LogP contribution >= 0.6 is 11.6 Å². The summed E-state index contributed by atoms with van der Waals surface area (Å²) in [6.45, 7) is 5.47. The lowest BCUT2D eigenvalue weighted by molar-refractivity contribution is -0.155. The van der Waals surface area contributed by atoms with E-state index in [1.807, 2.05) is 51.1 Å². The Morgan fingerprint density at radius 3 is 2.54 bits per heavy atom. The van der Waals surface area contributed by atoms with Crippen LogP contribution in [-0.2, 0) is 16.0 Å². The average molecular weight is 349 g/mol. The maximum absolute atomic E-state index is 12.5. The third-order valence-electron chi connectivity index (χ3n) is 3.01. The minimum Gasteiger partial charge on any atom is -0.458 e. The molecule has 1 heterocycles. The van der Waals surface area contributed by atoms with Crippen LogP contribution < -0.4 is 11.1 Å². The molecule has 0 saturated carbocycles. The smallest absolute Gasteiger partial charge is 0.329 e. The Bertz CT molecular complexity index is 681. The highest BCUT2D eigenvalue weighted by Gasteiger charge is 2.26. The van der Waals surface area contributed by atoms with Gasteiger partial charge in [0, 0.05) is 12.5 Å². The van der Waals surface area contributed by atoms with Crippen LogP contribution in [0.2, 0.25) is 5.15 Å². The van der Waals surface area contributed by atoms with Gasteiger partial charge in [0.1, 0.15) is 22.6 Å². The lowest BCUT2D eigenvalue weighted by Gasteiger charge is -2.25. The van der Waals surface area contributed by atoms with E-state index in [9.17, 15) is 4.79 Å². The van der Waals surface area contributed by atoms with Crippen LogP contribution in [-0.4, -0.2) is 27.6 Å². The van der Waals surface area contributed by atoms with Gasteiger partial charge < -0.3 is 15.8 Å². The number of hydrogen-bond acceptors (Lipinski definition) is 6. The molecule has 0 aliphatic rings. The van der Waals surface area contributed by atoms with Gasteiger partial charge in [-0.2, -0.15) is 4.98 Å². The van der Waals surface area contributed by atoms with E-state index in [0.29, 0.717) is 12.2 Å². The molecule has 0 aliphatic heterocycles. The van der Waals surface area contributed by atoms with E-state index in [2.05, 4.69) is 15.3 Å². The number of esters is 1. The summed E-state index contributed by atoms with van der Waals surface area (Å²) in [5.41, 5.74) is 6.01. The number of nitrogens with two attached hydrogens (primary N) is 1. The fourth-order valence-corrected chi connectivity index (χ4v) is 2.29. The predicted octanol–water partition coefficient (Wildman–Crippen LogP) is 3.08. The summed E-state index contributed by atoms with van der Waals surface area (Å²) in [7, 11) is 0. The van der Waals surface area contributed by atoms with Gasteiger partial charge in [0.05, 0.1) is 0 Å². The minimum atomic E-state index is -0.628. The van der Waals surface area contributed by atoms with Crippen molar-refractivity contribution < 1.29 is 9.53 Å². The maximum Gasteiger partial charge on any atom is 0.329 e. The molecule has 7 heteroatoms. The molecule has 1 atom stereocenters. The van der Waals surface area contributed by atoms with E-state index in [0.717, 1.165) is 5.56 Å². The molecule has 0 saturated heterocycles. The van der Waals surface area contributed by atoms with Gasteiger partial charge in [0.2, 0.25) is 5.95 Å². The van der Waals surface area contributed by atoms with Crippen LogP contribution in [0.4, 0.5) is 11.8 Å². The second-order valence-corrected chi connectivity index (χ2v) is 6.74. The highest BCUT2D eigenvalue weighted by Crippen LogP contribution is 2.17. The number of rotatable bonds is 5. The number of ether oxygens (including phenoxy) is 1. The van der Waals surface area contributed by atoms with Gasteiger partial charge in [0.25, 0.3) is 0 Å². The van der Waals surface area contributed by atoms with Crippen LogP contribution in [0.25, 0.3) is 0 Å². The standard InChI is InChI=1S/C17H21ClN4O2/c1-17(2,3)24-15(23)12(9-11-7-5-4-6-8-11)20-14-10-13(18)21-16(19)22-14/h4-8,10,12H,9H2,1-3H3,(H3,19,20,21,22). The molecular formula is C17H21ClN4O2. The molecular weight excluding hydrogens is 328 g/mol. The normalized spacial score (nSPS) is 12.5. The molecule has 0 aliphatic carbocycles. The van der Waals surface area contributed by atoms with Crippen LogP contribution in [0.1, 0.15) is 26.3 Å². The molecule has 1 aromatic carbocycles. The molecule has 128 valence electrons. The number of nitrogens with one attached hydrogen (secondary N) is 1. The quantitative estimate of drug-likeness (QED) is 0.637. The number of carbonyl (C=O) groups excluding carboxylic acids is 1. The van der Waals surface area contributed by atoms with Crippen molar-refractivity contribution in [1.82, 2.24) is 9.97 Å². The van der Waals surface area contributed by atoms with Crippen LogP contribution in [0.3, 0.4) is 0 Å². The molecule has 2 rings (SSSR count). The van der Waals surface area contributed by atoms with E-state index in [-0.39, 0.29) is 17.1 Å². The Kier molecular flexibility index (Phi) is 5.62. The van der Waals surface area contributed by atoms with Crippen molar-refractivity contribution in [2.24, 2.45) is 0 Å². The molecule has 0 bridgehead atoms. The number of hydrogen-bond donors (Lipinski definition) is 2. The number of aromatic nitrogens is 2. The highest BCUT2D eigenvalue weighted by atomic mass is 35.5. The zero-order chi connectivity index (χ0) is 17.7. The van der Waals surface area contributed by atoms with Gasteiger partial charge in [-0.25, -0.2) is 9.78 Å². The molecule has 2 aromatic rings. The van der Waals surface area contributed by atoms with Crippen LogP contribution in [0.5, 0.6) is 0 Å². The average Bonchev–Trinajstić information content (AvgIpc) is 2.45. The van der Waals surface area contributed by atoms with Crippen LogP contribution in [0.15, 0.2) is 36.4 Å². The zero-order valence-corrected chi connectivity index (χ0v) is 14.7.